The zero-order chi connectivity index (χ0) is 25.8. The highest BCUT2D eigenvalue weighted by molar-refractivity contribution is 5.98. The Morgan fingerprint density at radius 1 is 1.26 bits per heavy atom. The number of Topliss-reactive ketones (excluding diaryl/α,β-unsaturated/α-hetero) is 1. The van der Waals surface area contributed by atoms with Crippen LogP contribution in [0.3, 0.4) is 0 Å². The number of primary amides is 1. The quantitative estimate of drug-likeness (QED) is 0.617. The van der Waals surface area contributed by atoms with Crippen molar-refractivity contribution in [3.8, 4) is 6.07 Å². The summed E-state index contributed by atoms with van der Waals surface area (Å²) >= 11 is 0. The fraction of sp³-hybridized carbons (Fsp3) is 0.480. The number of anilines is 2. The van der Waals surface area contributed by atoms with Gasteiger partial charge in [-0.1, -0.05) is 12.1 Å². The maximum absolute atomic E-state index is 12.5. The zero-order valence-electron chi connectivity index (χ0n) is 20.6. The Hall–Kier alpha value is -3.87. The van der Waals surface area contributed by atoms with Crippen LogP contribution in [0.15, 0.2) is 30.5 Å². The van der Waals surface area contributed by atoms with Crippen LogP contribution in [0.25, 0.3) is 0 Å². The average molecular weight is 481 g/mol. The van der Waals surface area contributed by atoms with Gasteiger partial charge in [0, 0.05) is 31.4 Å². The lowest BCUT2D eigenvalue weighted by Crippen LogP contribution is -2.49. The molecule has 1 aliphatic rings. The minimum atomic E-state index is -0.701. The standard InChI is InChI=1S/C25H32N6O4/c1-17(32)14-18-6-5-7-19(15-18)28-22-20(21(27)33)16-31(29-22)25(8-11-26)9-12-30(13-10-25)23(34)35-24(2,3)4/h5-7,15-16H,8-10,12-14H2,1-4H3,(H2,27,33)(H,28,29). The molecular formula is C25H32N6O4. The number of nitrogens with one attached hydrogen (secondary N) is 1. The molecular weight excluding hydrogens is 448 g/mol. The van der Waals surface area contributed by atoms with Crippen LogP contribution in [-0.2, 0) is 21.5 Å². The summed E-state index contributed by atoms with van der Waals surface area (Å²) in [6.45, 7) is 7.74. The zero-order valence-corrected chi connectivity index (χ0v) is 20.6. The predicted octanol–water partition coefficient (Wildman–Crippen LogP) is 3.50. The molecule has 2 aromatic rings. The Balaban J connectivity index is 1.86. The first kappa shape index (κ1) is 25.7. The lowest BCUT2D eigenvalue weighted by molar-refractivity contribution is -0.116. The van der Waals surface area contributed by atoms with E-state index in [2.05, 4.69) is 16.5 Å². The average Bonchev–Trinajstić information content (AvgIpc) is 3.18. The number of ether oxygens (including phenoxy) is 1. The predicted molar refractivity (Wildman–Crippen MR) is 130 cm³/mol. The third-order valence-corrected chi connectivity index (χ3v) is 5.86. The monoisotopic (exact) mass is 480 g/mol. The third-order valence-electron chi connectivity index (χ3n) is 5.86. The molecule has 0 saturated carbocycles. The lowest BCUT2D eigenvalue weighted by atomic mass is 9.85. The fourth-order valence-electron chi connectivity index (χ4n) is 4.14. The number of hydrogen-bond donors (Lipinski definition) is 2. The van der Waals surface area contributed by atoms with Gasteiger partial charge >= 0.3 is 6.09 Å². The van der Waals surface area contributed by atoms with Gasteiger partial charge in [0.05, 0.1) is 18.0 Å². The molecule has 0 atom stereocenters. The Labute approximate surface area is 205 Å². The molecule has 10 heteroatoms. The number of carbonyl (C=O) groups excluding carboxylic acids is 3. The highest BCUT2D eigenvalue weighted by atomic mass is 16.6. The number of nitriles is 1. The second-order valence-corrected chi connectivity index (χ2v) is 9.93. The molecule has 2 amide bonds. The summed E-state index contributed by atoms with van der Waals surface area (Å²) in [5.41, 5.74) is 6.01. The summed E-state index contributed by atoms with van der Waals surface area (Å²) in [5, 5.41) is 17.3. The van der Waals surface area contributed by atoms with Gasteiger partial charge in [0.25, 0.3) is 5.91 Å². The molecule has 0 unspecified atom stereocenters. The van der Waals surface area contributed by atoms with Gasteiger partial charge in [-0.2, -0.15) is 10.4 Å². The van der Waals surface area contributed by atoms with Crippen LogP contribution in [0.4, 0.5) is 16.3 Å². The van der Waals surface area contributed by atoms with Crippen LogP contribution < -0.4 is 11.1 Å². The lowest BCUT2D eigenvalue weighted by Gasteiger charge is -2.40. The molecule has 3 rings (SSSR count). The molecule has 10 nitrogen and oxygen atoms in total. The van der Waals surface area contributed by atoms with E-state index in [-0.39, 0.29) is 23.6 Å². The molecule has 0 bridgehead atoms. The maximum atomic E-state index is 12.5. The van der Waals surface area contributed by atoms with Crippen LogP contribution in [0.5, 0.6) is 0 Å². The molecule has 0 spiro atoms. The van der Waals surface area contributed by atoms with Gasteiger partial charge < -0.3 is 20.7 Å². The van der Waals surface area contributed by atoms with E-state index in [1.807, 2.05) is 39.0 Å². The number of hydrogen-bond acceptors (Lipinski definition) is 7. The van der Waals surface area contributed by atoms with Gasteiger partial charge in [-0.15, -0.1) is 0 Å². The molecule has 1 fully saturated rings. The Bertz CT molecular complexity index is 1150. The van der Waals surface area contributed by atoms with Crippen LogP contribution in [0, 0.1) is 11.3 Å². The highest BCUT2D eigenvalue weighted by Crippen LogP contribution is 2.35. The summed E-state index contributed by atoms with van der Waals surface area (Å²) in [5.74, 6) is -0.346. The van der Waals surface area contributed by atoms with E-state index in [0.29, 0.717) is 38.0 Å². The third kappa shape index (κ3) is 6.38. The first-order valence-corrected chi connectivity index (χ1v) is 11.5. The first-order chi connectivity index (χ1) is 16.4. The van der Waals surface area contributed by atoms with Crippen molar-refractivity contribution in [1.82, 2.24) is 14.7 Å². The number of aromatic nitrogens is 2. The van der Waals surface area contributed by atoms with Crippen molar-refractivity contribution in [3.05, 3.63) is 41.6 Å². The number of nitrogens with zero attached hydrogens (tertiary/aromatic N) is 4. The number of piperidine rings is 1. The number of ketones is 1. The van der Waals surface area contributed by atoms with Crippen LogP contribution in [0.2, 0.25) is 0 Å². The van der Waals surface area contributed by atoms with Gasteiger partial charge in [0.15, 0.2) is 5.82 Å². The topological polar surface area (TPSA) is 143 Å². The van der Waals surface area contributed by atoms with Crippen molar-refractivity contribution in [3.63, 3.8) is 0 Å². The van der Waals surface area contributed by atoms with Crippen molar-refractivity contribution in [1.29, 1.82) is 5.26 Å². The van der Waals surface area contributed by atoms with E-state index in [4.69, 9.17) is 10.5 Å². The van der Waals surface area contributed by atoms with Gasteiger partial charge in [0.1, 0.15) is 16.9 Å². The maximum Gasteiger partial charge on any atom is 0.410 e. The van der Waals surface area contributed by atoms with E-state index >= 15 is 0 Å². The van der Waals surface area contributed by atoms with Crippen molar-refractivity contribution in [2.45, 2.75) is 64.5 Å². The molecule has 35 heavy (non-hydrogen) atoms. The van der Waals surface area contributed by atoms with Crippen molar-refractivity contribution >= 4 is 29.3 Å². The van der Waals surface area contributed by atoms with Gasteiger partial charge in [0.2, 0.25) is 0 Å². The summed E-state index contributed by atoms with van der Waals surface area (Å²) in [6, 6.07) is 9.51. The van der Waals surface area contributed by atoms with Gasteiger partial charge in [-0.05, 0) is 58.2 Å². The van der Waals surface area contributed by atoms with E-state index in [9.17, 15) is 19.6 Å². The van der Waals surface area contributed by atoms with Crippen molar-refractivity contribution < 1.29 is 19.1 Å². The molecule has 1 aromatic carbocycles. The molecule has 3 N–H and O–H groups in total. The highest BCUT2D eigenvalue weighted by Gasteiger charge is 2.40. The summed E-state index contributed by atoms with van der Waals surface area (Å²) in [4.78, 5) is 37.8. The second kappa shape index (κ2) is 10.2. The SMILES string of the molecule is CC(=O)Cc1cccc(Nc2nn(C3(CC#N)CCN(C(=O)OC(C)(C)C)CC3)cc2C(N)=O)c1. The van der Waals surface area contributed by atoms with Gasteiger partial charge in [-0.3, -0.25) is 14.3 Å². The number of rotatable bonds is 7. The normalized spacial score (nSPS) is 15.2. The van der Waals surface area contributed by atoms with E-state index in [1.165, 1.54) is 6.92 Å². The van der Waals surface area contributed by atoms with E-state index in [0.717, 1.165) is 5.56 Å². The largest absolute Gasteiger partial charge is 0.444 e. The molecule has 1 saturated heterocycles. The molecule has 1 aromatic heterocycles. The number of likely N-dealkylation sites (tertiary alicyclic amines) is 1. The molecule has 1 aliphatic heterocycles. The Morgan fingerprint density at radius 3 is 2.51 bits per heavy atom. The molecule has 2 heterocycles. The van der Waals surface area contributed by atoms with Gasteiger partial charge in [-0.25, -0.2) is 4.79 Å². The number of nitrogens with two attached hydrogens (primary N) is 1. The van der Waals surface area contributed by atoms with Crippen molar-refractivity contribution in [2.24, 2.45) is 5.73 Å². The smallest absolute Gasteiger partial charge is 0.410 e. The second-order valence-electron chi connectivity index (χ2n) is 9.93. The molecule has 0 radical (unpaired) electrons. The summed E-state index contributed by atoms with van der Waals surface area (Å²) in [7, 11) is 0. The van der Waals surface area contributed by atoms with Crippen LogP contribution in [0.1, 0.15) is 62.9 Å². The first-order valence-electron chi connectivity index (χ1n) is 11.5. The number of amides is 2. The van der Waals surface area contributed by atoms with E-state index < -0.39 is 23.1 Å². The number of benzene rings is 1. The van der Waals surface area contributed by atoms with E-state index in [1.54, 1.807) is 21.8 Å². The Kier molecular flexibility index (Phi) is 7.48. The van der Waals surface area contributed by atoms with Crippen LogP contribution >= 0.6 is 0 Å². The van der Waals surface area contributed by atoms with Crippen LogP contribution in [-0.4, -0.2) is 51.2 Å². The Morgan fingerprint density at radius 2 is 1.94 bits per heavy atom. The molecule has 186 valence electrons. The van der Waals surface area contributed by atoms with Crippen molar-refractivity contribution in [2.75, 3.05) is 18.4 Å². The fourth-order valence-corrected chi connectivity index (χ4v) is 4.14. The number of carbonyl (C=O) groups is 3. The molecule has 0 aliphatic carbocycles. The minimum Gasteiger partial charge on any atom is -0.444 e. The minimum absolute atomic E-state index is 0.0421. The summed E-state index contributed by atoms with van der Waals surface area (Å²) < 4.78 is 7.10. The summed E-state index contributed by atoms with van der Waals surface area (Å²) in [6.07, 6.45) is 2.55.